The molecule has 1 aromatic carbocycles. The first-order valence-corrected chi connectivity index (χ1v) is 6.24. The normalized spacial score (nSPS) is 10.8. The Kier molecular flexibility index (Phi) is 4.34. The molecule has 0 saturated heterocycles. The lowest BCUT2D eigenvalue weighted by atomic mass is 10.2. The van der Waals surface area contributed by atoms with Gasteiger partial charge in [0.15, 0.2) is 0 Å². The monoisotopic (exact) mass is 297 g/mol. The van der Waals surface area contributed by atoms with Crippen LogP contribution < -0.4 is 5.32 Å². The number of furan rings is 1. The number of hydrogen-bond donors (Lipinski definition) is 1. The molecule has 7 heteroatoms. The van der Waals surface area contributed by atoms with Crippen LogP contribution in [0.2, 0.25) is 0 Å². The number of anilines is 1. The van der Waals surface area contributed by atoms with Gasteiger partial charge >= 0.3 is 5.88 Å². The Bertz CT molecular complexity index is 799. The molecule has 1 N–H and O–H groups in total. The molecule has 1 heterocycles. The molecule has 1 aromatic heterocycles. The molecule has 7 nitrogen and oxygen atoms in total. The van der Waals surface area contributed by atoms with Crippen molar-refractivity contribution in [1.82, 2.24) is 0 Å². The van der Waals surface area contributed by atoms with E-state index in [1.807, 2.05) is 19.1 Å². The molecular formula is C15H11N3O4. The summed E-state index contributed by atoms with van der Waals surface area (Å²) in [5.74, 6) is -1.01. The van der Waals surface area contributed by atoms with Crippen molar-refractivity contribution in [1.29, 1.82) is 5.26 Å². The zero-order valence-electron chi connectivity index (χ0n) is 11.6. The van der Waals surface area contributed by atoms with Crippen LogP contribution in [0.25, 0.3) is 6.08 Å². The summed E-state index contributed by atoms with van der Waals surface area (Å²) in [6, 6.07) is 11.3. The van der Waals surface area contributed by atoms with Crippen LogP contribution in [0.5, 0.6) is 0 Å². The second-order valence-corrected chi connectivity index (χ2v) is 4.37. The molecule has 22 heavy (non-hydrogen) atoms. The fourth-order valence-corrected chi connectivity index (χ4v) is 1.71. The maximum Gasteiger partial charge on any atom is 0.433 e. The van der Waals surface area contributed by atoms with Crippen LogP contribution in [-0.2, 0) is 4.79 Å². The van der Waals surface area contributed by atoms with Crippen LogP contribution in [0.1, 0.15) is 11.3 Å². The zero-order chi connectivity index (χ0) is 16.1. The van der Waals surface area contributed by atoms with Crippen molar-refractivity contribution < 1.29 is 14.1 Å². The largest absolute Gasteiger partial charge is 0.433 e. The van der Waals surface area contributed by atoms with E-state index in [0.29, 0.717) is 5.69 Å². The molecule has 0 aliphatic carbocycles. The summed E-state index contributed by atoms with van der Waals surface area (Å²) in [4.78, 5) is 21.9. The maximum absolute atomic E-state index is 12.1. The Balaban J connectivity index is 2.22. The number of carbonyl (C=O) groups is 1. The molecule has 0 bridgehead atoms. The minimum Gasteiger partial charge on any atom is -0.401 e. The van der Waals surface area contributed by atoms with E-state index < -0.39 is 16.7 Å². The molecule has 0 aliphatic heterocycles. The molecular weight excluding hydrogens is 286 g/mol. The van der Waals surface area contributed by atoms with E-state index in [1.54, 1.807) is 18.2 Å². The summed E-state index contributed by atoms with van der Waals surface area (Å²) in [7, 11) is 0. The van der Waals surface area contributed by atoms with E-state index >= 15 is 0 Å². The van der Waals surface area contributed by atoms with Crippen molar-refractivity contribution in [3.63, 3.8) is 0 Å². The number of carbonyl (C=O) groups excluding carboxylic acids is 1. The third kappa shape index (κ3) is 3.37. The topological polar surface area (TPSA) is 109 Å². The number of hydrogen-bond acceptors (Lipinski definition) is 5. The predicted molar refractivity (Wildman–Crippen MR) is 78.8 cm³/mol. The van der Waals surface area contributed by atoms with Crippen molar-refractivity contribution >= 4 is 23.6 Å². The Labute approximate surface area is 125 Å². The quantitative estimate of drug-likeness (QED) is 0.403. The van der Waals surface area contributed by atoms with Gasteiger partial charge in [0.25, 0.3) is 5.91 Å². The molecule has 0 saturated carbocycles. The Hall–Kier alpha value is -3.40. The SMILES string of the molecule is Cc1ccccc1NC(=O)/C(C#N)=C\c1ccc([N+](=O)[O-])o1. The molecule has 0 spiro atoms. The lowest BCUT2D eigenvalue weighted by Crippen LogP contribution is -2.14. The summed E-state index contributed by atoms with van der Waals surface area (Å²) < 4.78 is 4.89. The molecule has 0 atom stereocenters. The summed E-state index contributed by atoms with van der Waals surface area (Å²) in [6.45, 7) is 1.82. The molecule has 0 unspecified atom stereocenters. The smallest absolute Gasteiger partial charge is 0.401 e. The highest BCUT2D eigenvalue weighted by Crippen LogP contribution is 2.19. The molecule has 0 radical (unpaired) electrons. The van der Waals surface area contributed by atoms with Crippen LogP contribution in [0.15, 0.2) is 46.4 Å². The van der Waals surface area contributed by atoms with Gasteiger partial charge in [-0.15, -0.1) is 0 Å². The van der Waals surface area contributed by atoms with Gasteiger partial charge in [-0.1, -0.05) is 18.2 Å². The number of aryl methyl sites for hydroxylation is 1. The number of nitrogens with one attached hydrogen (secondary N) is 1. The molecule has 0 fully saturated rings. The molecule has 2 rings (SSSR count). The minimum atomic E-state index is -0.698. The van der Waals surface area contributed by atoms with Gasteiger partial charge < -0.3 is 9.73 Å². The van der Waals surface area contributed by atoms with Crippen molar-refractivity contribution in [2.45, 2.75) is 6.92 Å². The van der Waals surface area contributed by atoms with Crippen molar-refractivity contribution in [2.75, 3.05) is 5.32 Å². The fraction of sp³-hybridized carbons (Fsp3) is 0.0667. The van der Waals surface area contributed by atoms with Crippen LogP contribution >= 0.6 is 0 Å². The number of benzene rings is 1. The summed E-state index contributed by atoms with van der Waals surface area (Å²) in [6.07, 6.45) is 1.15. The predicted octanol–water partition coefficient (Wildman–Crippen LogP) is 3.04. The first-order chi connectivity index (χ1) is 10.5. The van der Waals surface area contributed by atoms with Crippen molar-refractivity contribution in [3.8, 4) is 6.07 Å². The highest BCUT2D eigenvalue weighted by atomic mass is 16.6. The third-order valence-corrected chi connectivity index (χ3v) is 2.84. The van der Waals surface area contributed by atoms with Gasteiger partial charge in [-0.05, 0) is 24.6 Å². The number of para-hydroxylation sites is 1. The Morgan fingerprint density at radius 2 is 2.09 bits per heavy atom. The first kappa shape index (κ1) is 15.0. The first-order valence-electron chi connectivity index (χ1n) is 6.24. The highest BCUT2D eigenvalue weighted by molar-refractivity contribution is 6.09. The van der Waals surface area contributed by atoms with Gasteiger partial charge in [0, 0.05) is 11.8 Å². The standard InChI is InChI=1S/C15H11N3O4/c1-10-4-2-3-5-13(10)17-15(19)11(9-16)8-12-6-7-14(22-12)18(20)21/h2-8H,1H3,(H,17,19)/b11-8-. The second-order valence-electron chi connectivity index (χ2n) is 4.37. The number of nitrogens with zero attached hydrogens (tertiary/aromatic N) is 2. The van der Waals surface area contributed by atoms with Gasteiger partial charge in [-0.2, -0.15) is 5.26 Å². The molecule has 1 amide bonds. The second kappa shape index (κ2) is 6.37. The average molecular weight is 297 g/mol. The number of rotatable bonds is 4. The van der Waals surface area contributed by atoms with E-state index in [4.69, 9.17) is 9.68 Å². The van der Waals surface area contributed by atoms with E-state index in [9.17, 15) is 14.9 Å². The Morgan fingerprint density at radius 1 is 1.36 bits per heavy atom. The van der Waals surface area contributed by atoms with Gasteiger partial charge in [0.1, 0.15) is 22.3 Å². The van der Waals surface area contributed by atoms with Crippen molar-refractivity contribution in [2.24, 2.45) is 0 Å². The van der Waals surface area contributed by atoms with E-state index in [2.05, 4.69) is 5.32 Å². The van der Waals surface area contributed by atoms with Crippen LogP contribution in [-0.4, -0.2) is 10.8 Å². The lowest BCUT2D eigenvalue weighted by molar-refractivity contribution is -0.402. The van der Waals surface area contributed by atoms with Crippen LogP contribution in [0.3, 0.4) is 0 Å². The fourth-order valence-electron chi connectivity index (χ4n) is 1.71. The van der Waals surface area contributed by atoms with Crippen LogP contribution in [0.4, 0.5) is 11.6 Å². The number of nitriles is 1. The van der Waals surface area contributed by atoms with Gasteiger partial charge in [0.2, 0.25) is 0 Å². The zero-order valence-corrected chi connectivity index (χ0v) is 11.6. The van der Waals surface area contributed by atoms with Gasteiger partial charge in [-0.3, -0.25) is 14.9 Å². The van der Waals surface area contributed by atoms with Gasteiger partial charge in [-0.25, -0.2) is 0 Å². The number of nitro groups is 1. The molecule has 110 valence electrons. The lowest BCUT2D eigenvalue weighted by Gasteiger charge is -2.06. The molecule has 0 aliphatic rings. The van der Waals surface area contributed by atoms with Crippen LogP contribution in [0, 0.1) is 28.4 Å². The Morgan fingerprint density at radius 3 is 2.68 bits per heavy atom. The maximum atomic E-state index is 12.1. The summed E-state index contributed by atoms with van der Waals surface area (Å²) >= 11 is 0. The van der Waals surface area contributed by atoms with E-state index in [1.165, 1.54) is 6.07 Å². The molecule has 2 aromatic rings. The minimum absolute atomic E-state index is 0.0585. The summed E-state index contributed by atoms with van der Waals surface area (Å²) in [5, 5.41) is 22.2. The van der Waals surface area contributed by atoms with Crippen molar-refractivity contribution in [3.05, 3.63) is 63.4 Å². The number of amides is 1. The summed E-state index contributed by atoms with van der Waals surface area (Å²) in [5.41, 5.74) is 1.22. The van der Waals surface area contributed by atoms with E-state index in [-0.39, 0.29) is 11.3 Å². The third-order valence-electron chi connectivity index (χ3n) is 2.84. The average Bonchev–Trinajstić information content (AvgIpc) is 2.96. The highest BCUT2D eigenvalue weighted by Gasteiger charge is 2.14. The van der Waals surface area contributed by atoms with Gasteiger partial charge in [0.05, 0.1) is 6.07 Å². The van der Waals surface area contributed by atoms with E-state index in [0.717, 1.165) is 17.7 Å².